The number of methoxy groups -OCH3 is 1. The molecular weight excluding hydrogens is 255 g/mol. The van der Waals surface area contributed by atoms with Gasteiger partial charge in [-0.15, -0.1) is 0 Å². The summed E-state index contributed by atoms with van der Waals surface area (Å²) in [6.45, 7) is 1.96. The fourth-order valence-electron chi connectivity index (χ4n) is 2.07. The molecule has 0 aliphatic heterocycles. The minimum Gasteiger partial charge on any atom is -0.496 e. The van der Waals surface area contributed by atoms with E-state index in [9.17, 15) is 4.39 Å². The Balaban J connectivity index is 2.28. The van der Waals surface area contributed by atoms with Gasteiger partial charge in [0.1, 0.15) is 17.6 Å². The lowest BCUT2D eigenvalue weighted by Gasteiger charge is -2.19. The van der Waals surface area contributed by atoms with Crippen LogP contribution >= 0.6 is 0 Å². The summed E-state index contributed by atoms with van der Waals surface area (Å²) in [5.41, 5.74) is 1.86. The van der Waals surface area contributed by atoms with E-state index in [2.05, 4.69) is 5.32 Å². The minimum atomic E-state index is -0.419. The Morgan fingerprint density at radius 1 is 1.25 bits per heavy atom. The van der Waals surface area contributed by atoms with Crippen LogP contribution in [0.4, 0.5) is 10.1 Å². The maximum Gasteiger partial charge on any atom is 0.124 e. The smallest absolute Gasteiger partial charge is 0.124 e. The van der Waals surface area contributed by atoms with Crippen LogP contribution in [-0.4, -0.2) is 7.11 Å². The molecule has 0 heterocycles. The van der Waals surface area contributed by atoms with Gasteiger partial charge in [0.15, 0.2) is 0 Å². The Morgan fingerprint density at radius 3 is 2.70 bits per heavy atom. The summed E-state index contributed by atoms with van der Waals surface area (Å²) in [4.78, 5) is 0. The normalized spacial score (nSPS) is 11.5. The maximum atomic E-state index is 13.1. The summed E-state index contributed by atoms with van der Waals surface area (Å²) in [7, 11) is 1.62. The molecule has 2 aromatic rings. The number of benzene rings is 2. The van der Waals surface area contributed by atoms with Gasteiger partial charge in [-0.1, -0.05) is 18.2 Å². The Labute approximate surface area is 117 Å². The molecule has 0 aliphatic carbocycles. The quantitative estimate of drug-likeness (QED) is 0.917. The second-order valence-corrected chi connectivity index (χ2v) is 4.41. The first kappa shape index (κ1) is 13.9. The number of nitrogens with zero attached hydrogens (tertiary/aromatic N) is 1. The van der Waals surface area contributed by atoms with Gasteiger partial charge >= 0.3 is 0 Å². The van der Waals surface area contributed by atoms with Gasteiger partial charge in [-0.3, -0.25) is 0 Å². The number of nitriles is 1. The Bertz CT molecular complexity index is 649. The molecule has 0 radical (unpaired) electrons. The molecule has 102 valence electrons. The van der Waals surface area contributed by atoms with Crippen molar-refractivity contribution in [2.75, 3.05) is 12.4 Å². The molecule has 0 aliphatic rings. The van der Waals surface area contributed by atoms with E-state index in [-0.39, 0.29) is 11.6 Å². The first-order valence-corrected chi connectivity index (χ1v) is 6.25. The molecule has 0 aromatic heterocycles. The van der Waals surface area contributed by atoms with E-state index in [0.717, 1.165) is 11.3 Å². The second-order valence-electron chi connectivity index (χ2n) is 4.41. The Morgan fingerprint density at radius 2 is 2.00 bits per heavy atom. The van der Waals surface area contributed by atoms with Crippen molar-refractivity contribution in [1.82, 2.24) is 0 Å². The van der Waals surface area contributed by atoms with Crippen molar-refractivity contribution >= 4 is 5.69 Å². The lowest BCUT2D eigenvalue weighted by Crippen LogP contribution is -2.09. The number of para-hydroxylation sites is 1. The fraction of sp³-hybridized carbons (Fsp3) is 0.188. The third-order valence-corrected chi connectivity index (χ3v) is 3.08. The highest BCUT2D eigenvalue weighted by molar-refractivity contribution is 5.59. The van der Waals surface area contributed by atoms with Crippen molar-refractivity contribution in [2.45, 2.75) is 13.0 Å². The van der Waals surface area contributed by atoms with Crippen LogP contribution in [0.5, 0.6) is 5.75 Å². The zero-order chi connectivity index (χ0) is 14.5. The van der Waals surface area contributed by atoms with Gasteiger partial charge in [0.05, 0.1) is 24.4 Å². The van der Waals surface area contributed by atoms with E-state index >= 15 is 0 Å². The number of nitrogens with one attached hydrogen (secondary N) is 1. The van der Waals surface area contributed by atoms with Crippen LogP contribution in [0.2, 0.25) is 0 Å². The molecule has 3 nitrogen and oxygen atoms in total. The third kappa shape index (κ3) is 2.89. The van der Waals surface area contributed by atoms with Crippen LogP contribution in [0.1, 0.15) is 24.1 Å². The zero-order valence-corrected chi connectivity index (χ0v) is 11.4. The maximum absolute atomic E-state index is 13.1. The van der Waals surface area contributed by atoms with Gasteiger partial charge in [0.2, 0.25) is 0 Å². The first-order chi connectivity index (χ1) is 9.65. The number of hydrogen-bond donors (Lipinski definition) is 1. The van der Waals surface area contributed by atoms with Gasteiger partial charge in [0, 0.05) is 5.56 Å². The minimum absolute atomic E-state index is 0.0660. The molecular formula is C16H15FN2O. The van der Waals surface area contributed by atoms with Gasteiger partial charge in [-0.05, 0) is 31.2 Å². The summed E-state index contributed by atoms with van der Waals surface area (Å²) in [6, 6.07) is 13.7. The Hall–Kier alpha value is -2.54. The highest BCUT2D eigenvalue weighted by atomic mass is 19.1. The number of halogens is 1. The number of anilines is 1. The SMILES string of the molecule is COc1ccccc1C(C)Nc1ccc(F)cc1C#N. The monoisotopic (exact) mass is 270 g/mol. The van der Waals surface area contributed by atoms with Crippen molar-refractivity contribution in [1.29, 1.82) is 5.26 Å². The topological polar surface area (TPSA) is 45.0 Å². The molecule has 0 spiro atoms. The molecule has 0 bridgehead atoms. The molecule has 1 unspecified atom stereocenters. The predicted octanol–water partition coefficient (Wildman–Crippen LogP) is 3.88. The summed E-state index contributed by atoms with van der Waals surface area (Å²) in [5, 5.41) is 12.3. The van der Waals surface area contributed by atoms with E-state index < -0.39 is 5.82 Å². The van der Waals surface area contributed by atoms with Gasteiger partial charge in [-0.2, -0.15) is 5.26 Å². The van der Waals surface area contributed by atoms with Crippen LogP contribution in [-0.2, 0) is 0 Å². The highest BCUT2D eigenvalue weighted by Crippen LogP contribution is 2.28. The van der Waals surface area contributed by atoms with Crippen LogP contribution in [0.15, 0.2) is 42.5 Å². The van der Waals surface area contributed by atoms with Crippen LogP contribution in [0.3, 0.4) is 0 Å². The van der Waals surface area contributed by atoms with E-state index in [1.54, 1.807) is 13.2 Å². The fourth-order valence-corrected chi connectivity index (χ4v) is 2.07. The largest absolute Gasteiger partial charge is 0.496 e. The van der Waals surface area contributed by atoms with Crippen molar-refractivity contribution in [2.24, 2.45) is 0 Å². The van der Waals surface area contributed by atoms with Crippen molar-refractivity contribution in [3.05, 3.63) is 59.4 Å². The summed E-state index contributed by atoms with van der Waals surface area (Å²) in [5.74, 6) is 0.352. The second kappa shape index (κ2) is 6.07. The molecule has 20 heavy (non-hydrogen) atoms. The van der Waals surface area contributed by atoms with Crippen molar-refractivity contribution in [3.8, 4) is 11.8 Å². The summed E-state index contributed by atoms with van der Waals surface area (Å²) < 4.78 is 18.4. The summed E-state index contributed by atoms with van der Waals surface area (Å²) in [6.07, 6.45) is 0. The first-order valence-electron chi connectivity index (χ1n) is 6.25. The van der Waals surface area contributed by atoms with E-state index in [0.29, 0.717) is 5.69 Å². The predicted molar refractivity (Wildman–Crippen MR) is 76.1 cm³/mol. The zero-order valence-electron chi connectivity index (χ0n) is 11.4. The van der Waals surface area contributed by atoms with Gasteiger partial charge in [0.25, 0.3) is 0 Å². The molecule has 2 aromatic carbocycles. The van der Waals surface area contributed by atoms with Gasteiger partial charge < -0.3 is 10.1 Å². The molecule has 0 fully saturated rings. The lowest BCUT2D eigenvalue weighted by molar-refractivity contribution is 0.408. The molecule has 0 saturated carbocycles. The standard InChI is InChI=1S/C16H15FN2O/c1-11(14-5-3-4-6-16(14)20-2)19-15-8-7-13(17)9-12(15)10-18/h3-9,11,19H,1-2H3. The van der Waals surface area contributed by atoms with Gasteiger partial charge in [-0.25, -0.2) is 4.39 Å². The molecule has 4 heteroatoms. The number of ether oxygens (including phenoxy) is 1. The van der Waals surface area contributed by atoms with Crippen LogP contribution in [0, 0.1) is 17.1 Å². The van der Waals surface area contributed by atoms with Crippen LogP contribution < -0.4 is 10.1 Å². The Kier molecular flexibility index (Phi) is 4.21. The molecule has 0 amide bonds. The highest BCUT2D eigenvalue weighted by Gasteiger charge is 2.12. The van der Waals surface area contributed by atoms with Crippen LogP contribution in [0.25, 0.3) is 0 Å². The van der Waals surface area contributed by atoms with Crippen molar-refractivity contribution < 1.29 is 9.13 Å². The lowest BCUT2D eigenvalue weighted by atomic mass is 10.1. The average Bonchev–Trinajstić information content (AvgIpc) is 2.48. The number of rotatable bonds is 4. The molecule has 1 atom stereocenters. The average molecular weight is 270 g/mol. The van der Waals surface area contributed by atoms with E-state index in [1.165, 1.54) is 12.1 Å². The van der Waals surface area contributed by atoms with Crippen molar-refractivity contribution in [3.63, 3.8) is 0 Å². The van der Waals surface area contributed by atoms with E-state index in [4.69, 9.17) is 10.00 Å². The van der Waals surface area contributed by atoms with E-state index in [1.807, 2.05) is 37.3 Å². The molecule has 0 saturated heterocycles. The third-order valence-electron chi connectivity index (χ3n) is 3.08. The molecule has 1 N–H and O–H groups in total. The summed E-state index contributed by atoms with van der Waals surface area (Å²) >= 11 is 0. The molecule has 2 rings (SSSR count). The number of hydrogen-bond acceptors (Lipinski definition) is 3.